The topological polar surface area (TPSA) is 183 Å². The van der Waals surface area contributed by atoms with Crippen LogP contribution < -0.4 is 16.0 Å². The minimum atomic E-state index is -1.72. The van der Waals surface area contributed by atoms with E-state index in [1.165, 1.54) is 4.90 Å². The van der Waals surface area contributed by atoms with Crippen molar-refractivity contribution in [3.8, 4) is 11.4 Å². The van der Waals surface area contributed by atoms with Crippen molar-refractivity contribution in [1.29, 1.82) is 5.41 Å². The fourth-order valence-corrected chi connectivity index (χ4v) is 3.28. The van der Waals surface area contributed by atoms with Gasteiger partial charge in [-0.3, -0.25) is 15.0 Å². The third-order valence-corrected chi connectivity index (χ3v) is 4.92. The SMILES string of the molecule is N=C(N)c1ccc(NC(=O)C(O)[C@H]2OCCN(c3cccc(-c4nnn[nH]4)c3)C2=O)cc1. The van der Waals surface area contributed by atoms with Gasteiger partial charge >= 0.3 is 0 Å². The van der Waals surface area contributed by atoms with Gasteiger partial charge in [0.05, 0.1) is 6.61 Å². The van der Waals surface area contributed by atoms with E-state index in [9.17, 15) is 14.7 Å². The number of aromatic nitrogens is 4. The van der Waals surface area contributed by atoms with E-state index in [4.69, 9.17) is 15.9 Å². The van der Waals surface area contributed by atoms with Crippen molar-refractivity contribution in [2.75, 3.05) is 23.4 Å². The average molecular weight is 436 g/mol. The summed E-state index contributed by atoms with van der Waals surface area (Å²) in [4.78, 5) is 27.0. The van der Waals surface area contributed by atoms with Crippen LogP contribution >= 0.6 is 0 Å². The molecule has 0 aliphatic carbocycles. The van der Waals surface area contributed by atoms with Crippen molar-refractivity contribution in [2.45, 2.75) is 12.2 Å². The molecule has 1 fully saturated rings. The molecule has 164 valence electrons. The summed E-state index contributed by atoms with van der Waals surface area (Å²) >= 11 is 0. The molecule has 12 heteroatoms. The molecule has 1 unspecified atom stereocenters. The minimum absolute atomic E-state index is 0.104. The first-order valence-corrected chi connectivity index (χ1v) is 9.64. The highest BCUT2D eigenvalue weighted by molar-refractivity contribution is 6.04. The Labute approximate surface area is 181 Å². The first kappa shape index (κ1) is 21.1. The lowest BCUT2D eigenvalue weighted by Gasteiger charge is -2.34. The van der Waals surface area contributed by atoms with Gasteiger partial charge in [-0.25, -0.2) is 5.10 Å². The van der Waals surface area contributed by atoms with Crippen molar-refractivity contribution >= 4 is 29.0 Å². The van der Waals surface area contributed by atoms with Gasteiger partial charge in [-0.15, -0.1) is 5.10 Å². The first-order chi connectivity index (χ1) is 15.4. The minimum Gasteiger partial charge on any atom is -0.384 e. The largest absolute Gasteiger partial charge is 0.384 e. The van der Waals surface area contributed by atoms with Gasteiger partial charge in [0.2, 0.25) is 0 Å². The zero-order valence-corrected chi connectivity index (χ0v) is 16.7. The van der Waals surface area contributed by atoms with Gasteiger partial charge in [-0.1, -0.05) is 12.1 Å². The van der Waals surface area contributed by atoms with Gasteiger partial charge in [0.15, 0.2) is 18.0 Å². The molecule has 2 heterocycles. The molecule has 2 atom stereocenters. The fraction of sp³-hybridized carbons (Fsp3) is 0.200. The zero-order valence-electron chi connectivity index (χ0n) is 16.7. The summed E-state index contributed by atoms with van der Waals surface area (Å²) in [5.74, 6) is -0.993. The smallest absolute Gasteiger partial charge is 0.259 e. The number of aliphatic hydroxyl groups is 1. The number of carbonyl (C=O) groups is 2. The lowest BCUT2D eigenvalue weighted by Crippen LogP contribution is -2.55. The van der Waals surface area contributed by atoms with E-state index in [-0.39, 0.29) is 19.0 Å². The molecule has 6 N–H and O–H groups in total. The molecule has 3 aromatic rings. The number of nitrogen functional groups attached to an aromatic ring is 1. The van der Waals surface area contributed by atoms with E-state index in [2.05, 4.69) is 25.9 Å². The Bertz CT molecular complexity index is 1130. The molecule has 2 amide bonds. The number of benzene rings is 2. The molecule has 1 saturated heterocycles. The lowest BCUT2D eigenvalue weighted by molar-refractivity contribution is -0.150. The van der Waals surface area contributed by atoms with Crippen molar-refractivity contribution < 1.29 is 19.4 Å². The molecule has 12 nitrogen and oxygen atoms in total. The van der Waals surface area contributed by atoms with Gasteiger partial charge in [0.25, 0.3) is 11.8 Å². The van der Waals surface area contributed by atoms with Crippen LogP contribution in [-0.4, -0.2) is 68.7 Å². The number of carbonyl (C=O) groups excluding carboxylic acids is 2. The van der Waals surface area contributed by atoms with Crippen molar-refractivity contribution in [3.05, 3.63) is 54.1 Å². The van der Waals surface area contributed by atoms with Crippen LogP contribution in [0.3, 0.4) is 0 Å². The van der Waals surface area contributed by atoms with Gasteiger partial charge in [0, 0.05) is 29.0 Å². The van der Waals surface area contributed by atoms with Gasteiger partial charge < -0.3 is 25.8 Å². The van der Waals surface area contributed by atoms with Crippen LogP contribution in [0.4, 0.5) is 11.4 Å². The number of amidine groups is 1. The number of nitrogens with two attached hydrogens (primary N) is 1. The Morgan fingerprint density at radius 3 is 2.78 bits per heavy atom. The third-order valence-electron chi connectivity index (χ3n) is 4.92. The molecule has 0 bridgehead atoms. The molecular formula is C20H20N8O4. The summed E-state index contributed by atoms with van der Waals surface area (Å²) in [5.41, 5.74) is 7.52. The number of nitrogens with one attached hydrogen (secondary N) is 3. The number of nitrogens with zero attached hydrogens (tertiary/aromatic N) is 4. The van der Waals surface area contributed by atoms with E-state index in [1.54, 1.807) is 48.5 Å². The molecule has 0 saturated carbocycles. The second-order valence-corrected chi connectivity index (χ2v) is 7.01. The Kier molecular flexibility index (Phi) is 5.87. The average Bonchev–Trinajstić information content (AvgIpc) is 3.34. The van der Waals surface area contributed by atoms with Crippen LogP contribution in [0.2, 0.25) is 0 Å². The molecular weight excluding hydrogens is 416 g/mol. The molecule has 0 radical (unpaired) electrons. The predicted octanol–water partition coefficient (Wildman–Crippen LogP) is -0.118. The van der Waals surface area contributed by atoms with Crippen LogP contribution in [0.25, 0.3) is 11.4 Å². The van der Waals surface area contributed by atoms with Crippen LogP contribution in [0.5, 0.6) is 0 Å². The summed E-state index contributed by atoms with van der Waals surface area (Å²) < 4.78 is 5.43. The van der Waals surface area contributed by atoms with Crippen LogP contribution in [0.1, 0.15) is 5.56 Å². The van der Waals surface area contributed by atoms with Crippen LogP contribution in [-0.2, 0) is 14.3 Å². The number of anilines is 2. The number of rotatable bonds is 6. The molecule has 2 aromatic carbocycles. The number of H-pyrrole nitrogens is 1. The second kappa shape index (κ2) is 8.91. The Morgan fingerprint density at radius 2 is 2.09 bits per heavy atom. The normalized spacial score (nSPS) is 17.1. The molecule has 1 aliphatic rings. The van der Waals surface area contributed by atoms with E-state index in [0.717, 1.165) is 0 Å². The molecule has 0 spiro atoms. The summed E-state index contributed by atoms with van der Waals surface area (Å²) in [6.45, 7) is 0.399. The number of aromatic amines is 1. The van der Waals surface area contributed by atoms with Gasteiger partial charge in [-0.2, -0.15) is 0 Å². The van der Waals surface area contributed by atoms with Gasteiger partial charge in [-0.05, 0) is 46.8 Å². The standard InChI is InChI=1S/C20H20N8O4/c21-17(22)11-4-6-13(7-5-11)23-19(30)15(29)16-20(31)28(8-9-32-16)14-3-1-2-12(10-14)18-24-26-27-25-18/h1-7,10,15-16,29H,8-9H2,(H3,21,22)(H,23,30)(H,24,25,26,27)/t15?,16-/m1/s1. The zero-order chi connectivity index (χ0) is 22.7. The maximum Gasteiger partial charge on any atom is 0.259 e. The van der Waals surface area contributed by atoms with Gasteiger partial charge in [0.1, 0.15) is 5.84 Å². The van der Waals surface area contributed by atoms with Crippen molar-refractivity contribution in [3.63, 3.8) is 0 Å². The Morgan fingerprint density at radius 1 is 1.31 bits per heavy atom. The molecule has 1 aromatic heterocycles. The first-order valence-electron chi connectivity index (χ1n) is 9.64. The van der Waals surface area contributed by atoms with E-state index in [0.29, 0.717) is 28.3 Å². The Balaban J connectivity index is 1.47. The number of ether oxygens (including phenoxy) is 1. The number of hydrogen-bond acceptors (Lipinski definition) is 8. The van der Waals surface area contributed by atoms with Crippen LogP contribution in [0.15, 0.2) is 48.5 Å². The highest BCUT2D eigenvalue weighted by atomic mass is 16.5. The predicted molar refractivity (Wildman–Crippen MR) is 114 cm³/mol. The molecule has 4 rings (SSSR count). The summed E-state index contributed by atoms with van der Waals surface area (Å²) in [5, 5.41) is 34.0. The maximum absolute atomic E-state index is 13.0. The summed E-state index contributed by atoms with van der Waals surface area (Å²) in [7, 11) is 0. The quantitative estimate of drug-likeness (QED) is 0.262. The Hall–Kier alpha value is -4.16. The fourth-order valence-electron chi connectivity index (χ4n) is 3.28. The molecule has 1 aliphatic heterocycles. The second-order valence-electron chi connectivity index (χ2n) is 7.01. The summed E-state index contributed by atoms with van der Waals surface area (Å²) in [6.07, 6.45) is -3.09. The number of amides is 2. The number of morpholine rings is 1. The summed E-state index contributed by atoms with van der Waals surface area (Å²) in [6, 6.07) is 13.2. The maximum atomic E-state index is 13.0. The van der Waals surface area contributed by atoms with Crippen LogP contribution in [0, 0.1) is 5.41 Å². The number of tetrazole rings is 1. The van der Waals surface area contributed by atoms with E-state index < -0.39 is 24.0 Å². The van der Waals surface area contributed by atoms with E-state index >= 15 is 0 Å². The third kappa shape index (κ3) is 4.31. The lowest BCUT2D eigenvalue weighted by atomic mass is 10.1. The molecule has 32 heavy (non-hydrogen) atoms. The number of hydrogen-bond donors (Lipinski definition) is 5. The number of aliphatic hydroxyl groups excluding tert-OH is 1. The van der Waals surface area contributed by atoms with E-state index in [1.807, 2.05) is 0 Å². The monoisotopic (exact) mass is 436 g/mol. The highest BCUT2D eigenvalue weighted by Gasteiger charge is 2.39. The van der Waals surface area contributed by atoms with Crippen molar-refractivity contribution in [2.24, 2.45) is 5.73 Å². The highest BCUT2D eigenvalue weighted by Crippen LogP contribution is 2.25. The van der Waals surface area contributed by atoms with Crippen molar-refractivity contribution in [1.82, 2.24) is 20.6 Å².